The lowest BCUT2D eigenvalue weighted by molar-refractivity contribution is 1.46. The third kappa shape index (κ3) is 3.45. The van der Waals surface area contributed by atoms with E-state index < -0.39 is 0 Å². The normalized spacial score (nSPS) is 10.7. The Hall–Kier alpha value is -3.12. The van der Waals surface area contributed by atoms with Gasteiger partial charge in [0.25, 0.3) is 0 Å². The first kappa shape index (κ1) is 16.4. The molecule has 4 aromatic carbocycles. The molecule has 4 aromatic rings. The van der Waals surface area contributed by atoms with Crippen LogP contribution in [0.4, 0.5) is 0 Å². The Morgan fingerprint density at radius 3 is 1.50 bits per heavy atom. The van der Waals surface area contributed by atoms with Crippen LogP contribution in [0.2, 0.25) is 0 Å². The summed E-state index contributed by atoms with van der Waals surface area (Å²) < 4.78 is 0. The van der Waals surface area contributed by atoms with Crippen molar-refractivity contribution < 1.29 is 0 Å². The van der Waals surface area contributed by atoms with E-state index in [9.17, 15) is 0 Å². The van der Waals surface area contributed by atoms with Gasteiger partial charge in [-0.3, -0.25) is 0 Å². The summed E-state index contributed by atoms with van der Waals surface area (Å²) in [4.78, 5) is 0. The first-order valence-corrected chi connectivity index (χ1v) is 9.04. The molecule has 0 saturated carbocycles. The standard InChI is InChI=1S/C26H22/c1-19-11-13-22(14-12-19)25-16-24(21-8-4-3-5-9-21)17-26(18-25)23-10-6-7-20(2)15-23/h3-18H,1-2H3. The van der Waals surface area contributed by atoms with Gasteiger partial charge in [-0.05, 0) is 65.4 Å². The largest absolute Gasteiger partial charge is 0.0622 e. The number of hydrogen-bond acceptors (Lipinski definition) is 0. The molecule has 0 unspecified atom stereocenters. The second-order valence-corrected chi connectivity index (χ2v) is 6.90. The molecule has 0 atom stereocenters. The highest BCUT2D eigenvalue weighted by Crippen LogP contribution is 2.33. The van der Waals surface area contributed by atoms with Crippen LogP contribution in [0.5, 0.6) is 0 Å². The number of benzene rings is 4. The summed E-state index contributed by atoms with van der Waals surface area (Å²) in [5, 5.41) is 0. The molecule has 0 spiro atoms. The molecule has 0 aliphatic carbocycles. The maximum Gasteiger partial charge on any atom is -0.0172 e. The Kier molecular flexibility index (Phi) is 4.41. The molecular formula is C26H22. The molecule has 0 aliphatic heterocycles. The van der Waals surface area contributed by atoms with E-state index in [1.54, 1.807) is 0 Å². The van der Waals surface area contributed by atoms with Gasteiger partial charge in [0.15, 0.2) is 0 Å². The molecule has 4 rings (SSSR count). The quantitative estimate of drug-likeness (QED) is 0.368. The van der Waals surface area contributed by atoms with Gasteiger partial charge in [-0.2, -0.15) is 0 Å². The van der Waals surface area contributed by atoms with Crippen molar-refractivity contribution in [2.24, 2.45) is 0 Å². The summed E-state index contributed by atoms with van der Waals surface area (Å²) in [7, 11) is 0. The van der Waals surface area contributed by atoms with E-state index in [1.807, 2.05) is 0 Å². The topological polar surface area (TPSA) is 0 Å². The van der Waals surface area contributed by atoms with Gasteiger partial charge in [-0.1, -0.05) is 90.0 Å². The molecule has 0 heteroatoms. The van der Waals surface area contributed by atoms with Crippen molar-refractivity contribution in [1.82, 2.24) is 0 Å². The molecular weight excluding hydrogens is 312 g/mol. The molecule has 0 bridgehead atoms. The van der Waals surface area contributed by atoms with E-state index >= 15 is 0 Å². The van der Waals surface area contributed by atoms with Gasteiger partial charge in [0, 0.05) is 0 Å². The van der Waals surface area contributed by atoms with E-state index in [0.29, 0.717) is 0 Å². The zero-order valence-electron chi connectivity index (χ0n) is 15.2. The summed E-state index contributed by atoms with van der Waals surface area (Å²) in [5.41, 5.74) is 10.1. The van der Waals surface area contributed by atoms with Gasteiger partial charge in [0.1, 0.15) is 0 Å². The number of rotatable bonds is 3. The summed E-state index contributed by atoms with van der Waals surface area (Å²) in [6.07, 6.45) is 0. The molecule has 0 nitrogen and oxygen atoms in total. The van der Waals surface area contributed by atoms with Gasteiger partial charge in [-0.25, -0.2) is 0 Å². The van der Waals surface area contributed by atoms with Crippen LogP contribution in [-0.2, 0) is 0 Å². The molecule has 0 radical (unpaired) electrons. The van der Waals surface area contributed by atoms with Crippen molar-refractivity contribution in [3.05, 3.63) is 108 Å². The number of aryl methyl sites for hydroxylation is 2. The number of hydrogen-bond donors (Lipinski definition) is 0. The van der Waals surface area contributed by atoms with Crippen LogP contribution in [-0.4, -0.2) is 0 Å². The predicted molar refractivity (Wildman–Crippen MR) is 112 cm³/mol. The van der Waals surface area contributed by atoms with Crippen LogP contribution in [0.1, 0.15) is 11.1 Å². The van der Waals surface area contributed by atoms with E-state index in [0.717, 1.165) is 0 Å². The summed E-state index contributed by atoms with van der Waals surface area (Å²) >= 11 is 0. The Bertz CT molecular complexity index is 1030. The maximum absolute atomic E-state index is 2.30. The highest BCUT2D eigenvalue weighted by molar-refractivity contribution is 5.81. The van der Waals surface area contributed by atoms with E-state index in [-0.39, 0.29) is 0 Å². The lowest BCUT2D eigenvalue weighted by Gasteiger charge is -2.12. The van der Waals surface area contributed by atoms with Crippen molar-refractivity contribution in [3.8, 4) is 33.4 Å². The van der Waals surface area contributed by atoms with Crippen molar-refractivity contribution in [2.45, 2.75) is 13.8 Å². The van der Waals surface area contributed by atoms with Crippen LogP contribution < -0.4 is 0 Å². The third-order valence-corrected chi connectivity index (χ3v) is 4.78. The minimum absolute atomic E-state index is 1.25. The molecule has 26 heavy (non-hydrogen) atoms. The molecule has 0 aliphatic rings. The van der Waals surface area contributed by atoms with Gasteiger partial charge in [0.2, 0.25) is 0 Å². The minimum Gasteiger partial charge on any atom is -0.0622 e. The molecule has 0 aromatic heterocycles. The van der Waals surface area contributed by atoms with Crippen LogP contribution in [0.3, 0.4) is 0 Å². The Labute approximate surface area is 155 Å². The van der Waals surface area contributed by atoms with Gasteiger partial charge >= 0.3 is 0 Å². The zero-order valence-corrected chi connectivity index (χ0v) is 15.2. The Morgan fingerprint density at radius 1 is 0.346 bits per heavy atom. The zero-order chi connectivity index (χ0) is 17.9. The second kappa shape index (κ2) is 7.01. The first-order chi connectivity index (χ1) is 12.7. The van der Waals surface area contributed by atoms with Crippen molar-refractivity contribution in [1.29, 1.82) is 0 Å². The fourth-order valence-corrected chi connectivity index (χ4v) is 3.33. The molecule has 0 heterocycles. The molecule has 0 saturated heterocycles. The highest BCUT2D eigenvalue weighted by Gasteiger charge is 2.07. The van der Waals surface area contributed by atoms with Gasteiger partial charge < -0.3 is 0 Å². The van der Waals surface area contributed by atoms with Crippen LogP contribution in [0, 0.1) is 13.8 Å². The van der Waals surface area contributed by atoms with Crippen molar-refractivity contribution in [3.63, 3.8) is 0 Å². The summed E-state index contributed by atoms with van der Waals surface area (Å²) in [6.45, 7) is 4.27. The third-order valence-electron chi connectivity index (χ3n) is 4.78. The van der Waals surface area contributed by atoms with Crippen LogP contribution >= 0.6 is 0 Å². The SMILES string of the molecule is Cc1ccc(-c2cc(-c3ccccc3)cc(-c3cccc(C)c3)c2)cc1. The van der Waals surface area contributed by atoms with E-state index in [2.05, 4.69) is 111 Å². The summed E-state index contributed by atoms with van der Waals surface area (Å²) in [5.74, 6) is 0. The fraction of sp³-hybridized carbons (Fsp3) is 0.0769. The average molecular weight is 334 g/mol. The average Bonchev–Trinajstić information content (AvgIpc) is 2.69. The molecule has 0 fully saturated rings. The first-order valence-electron chi connectivity index (χ1n) is 9.04. The molecule has 126 valence electrons. The minimum atomic E-state index is 1.25. The predicted octanol–water partition coefficient (Wildman–Crippen LogP) is 7.30. The monoisotopic (exact) mass is 334 g/mol. The lowest BCUT2D eigenvalue weighted by atomic mass is 9.93. The highest BCUT2D eigenvalue weighted by atomic mass is 14.1. The van der Waals surface area contributed by atoms with E-state index in [1.165, 1.54) is 44.5 Å². The van der Waals surface area contributed by atoms with Crippen molar-refractivity contribution >= 4 is 0 Å². The molecule has 0 amide bonds. The Balaban J connectivity index is 1.91. The smallest absolute Gasteiger partial charge is 0.0172 e. The summed E-state index contributed by atoms with van der Waals surface area (Å²) in [6, 6.07) is 35.0. The van der Waals surface area contributed by atoms with Gasteiger partial charge in [-0.15, -0.1) is 0 Å². The molecule has 0 N–H and O–H groups in total. The van der Waals surface area contributed by atoms with Crippen LogP contribution in [0.15, 0.2) is 97.1 Å². The second-order valence-electron chi connectivity index (χ2n) is 6.90. The lowest BCUT2D eigenvalue weighted by Crippen LogP contribution is -1.87. The fourth-order valence-electron chi connectivity index (χ4n) is 3.33. The van der Waals surface area contributed by atoms with Crippen LogP contribution in [0.25, 0.3) is 33.4 Å². The van der Waals surface area contributed by atoms with Gasteiger partial charge in [0.05, 0.1) is 0 Å². The Morgan fingerprint density at radius 2 is 0.885 bits per heavy atom. The van der Waals surface area contributed by atoms with Crippen molar-refractivity contribution in [2.75, 3.05) is 0 Å². The maximum atomic E-state index is 2.30. The van der Waals surface area contributed by atoms with E-state index in [4.69, 9.17) is 0 Å².